The van der Waals surface area contributed by atoms with Gasteiger partial charge < -0.3 is 15.4 Å². The lowest BCUT2D eigenvalue weighted by Crippen LogP contribution is -2.45. The molecule has 0 amide bonds. The maximum absolute atomic E-state index is 5.21. The van der Waals surface area contributed by atoms with Crippen molar-refractivity contribution in [2.45, 2.75) is 39.3 Å². The topological polar surface area (TPSA) is 48.9 Å². The third kappa shape index (κ3) is 6.12. The quantitative estimate of drug-likeness (QED) is 0.564. The van der Waals surface area contributed by atoms with E-state index in [-0.39, 0.29) is 0 Å². The molecule has 1 unspecified atom stereocenters. The van der Waals surface area contributed by atoms with E-state index in [0.29, 0.717) is 6.04 Å². The minimum atomic E-state index is 0.581. The van der Waals surface area contributed by atoms with E-state index in [1.165, 1.54) is 29.1 Å². The van der Waals surface area contributed by atoms with Crippen LogP contribution in [0.1, 0.15) is 29.5 Å². The van der Waals surface area contributed by atoms with Gasteiger partial charge in [-0.2, -0.15) is 0 Å². The summed E-state index contributed by atoms with van der Waals surface area (Å²) in [7, 11) is 1.77. The van der Waals surface area contributed by atoms with Gasteiger partial charge in [0.15, 0.2) is 5.96 Å². The fraction of sp³-hybridized carbons (Fsp3) is 0.706. The zero-order valence-electron chi connectivity index (χ0n) is 14.6. The van der Waals surface area contributed by atoms with Crippen molar-refractivity contribution in [2.75, 3.05) is 39.9 Å². The number of rotatable bonds is 8. The SMILES string of the molecule is CCNC(=NCc1ccc(C)s1)NCC1CCCN1CCOC. The summed E-state index contributed by atoms with van der Waals surface area (Å²) in [5.74, 6) is 0.914. The molecule has 2 N–H and O–H groups in total. The summed E-state index contributed by atoms with van der Waals surface area (Å²) in [4.78, 5) is 9.87. The molecular formula is C17H30N4OS. The number of methoxy groups -OCH3 is 1. The van der Waals surface area contributed by atoms with Crippen LogP contribution in [0.15, 0.2) is 17.1 Å². The Bertz CT molecular complexity index is 489. The van der Waals surface area contributed by atoms with Crippen LogP contribution in [-0.4, -0.2) is 56.8 Å². The highest BCUT2D eigenvalue weighted by Crippen LogP contribution is 2.17. The average Bonchev–Trinajstić information content (AvgIpc) is 3.16. The molecule has 5 nitrogen and oxygen atoms in total. The predicted octanol–water partition coefficient (Wildman–Crippen LogP) is 2.22. The van der Waals surface area contributed by atoms with E-state index in [4.69, 9.17) is 9.73 Å². The van der Waals surface area contributed by atoms with E-state index in [9.17, 15) is 0 Å². The maximum atomic E-state index is 5.21. The Hall–Kier alpha value is -1.11. The van der Waals surface area contributed by atoms with Crippen molar-refractivity contribution in [1.29, 1.82) is 0 Å². The Kier molecular flexibility index (Phi) is 7.85. The third-order valence-corrected chi connectivity index (χ3v) is 5.11. The molecule has 0 saturated carbocycles. The molecule has 23 heavy (non-hydrogen) atoms. The Balaban J connectivity index is 1.83. The summed E-state index contributed by atoms with van der Waals surface area (Å²) >= 11 is 1.82. The fourth-order valence-corrected chi connectivity index (χ4v) is 3.73. The standard InChI is InChI=1S/C17H30N4OS/c1-4-18-17(20-13-16-8-7-14(2)23-16)19-12-15-6-5-9-21(15)10-11-22-3/h7-8,15H,4-6,9-13H2,1-3H3,(H2,18,19,20). The van der Waals surface area contributed by atoms with Crippen molar-refractivity contribution >= 4 is 17.3 Å². The summed E-state index contributed by atoms with van der Waals surface area (Å²) in [6.07, 6.45) is 2.53. The van der Waals surface area contributed by atoms with Crippen LogP contribution in [0, 0.1) is 6.92 Å². The van der Waals surface area contributed by atoms with Gasteiger partial charge in [0.2, 0.25) is 0 Å². The molecule has 1 aromatic rings. The smallest absolute Gasteiger partial charge is 0.191 e. The number of hydrogen-bond acceptors (Lipinski definition) is 4. The Morgan fingerprint density at radius 1 is 1.43 bits per heavy atom. The molecule has 1 aliphatic rings. The van der Waals surface area contributed by atoms with Crippen LogP contribution in [0.4, 0.5) is 0 Å². The Morgan fingerprint density at radius 2 is 2.30 bits per heavy atom. The molecule has 0 aliphatic carbocycles. The van der Waals surface area contributed by atoms with Gasteiger partial charge >= 0.3 is 0 Å². The fourth-order valence-electron chi connectivity index (χ4n) is 2.91. The molecule has 0 bridgehead atoms. The van der Waals surface area contributed by atoms with Crippen molar-refractivity contribution in [3.8, 4) is 0 Å². The third-order valence-electron chi connectivity index (χ3n) is 4.12. The number of thiophene rings is 1. The molecule has 0 spiro atoms. The van der Waals surface area contributed by atoms with Crippen LogP contribution in [0.25, 0.3) is 0 Å². The van der Waals surface area contributed by atoms with Gasteiger partial charge in [-0.3, -0.25) is 4.90 Å². The second kappa shape index (κ2) is 9.90. The summed E-state index contributed by atoms with van der Waals surface area (Å²) in [5.41, 5.74) is 0. The molecule has 6 heteroatoms. The van der Waals surface area contributed by atoms with Crippen LogP contribution < -0.4 is 10.6 Å². The number of aryl methyl sites for hydroxylation is 1. The van der Waals surface area contributed by atoms with Gasteiger partial charge in [-0.15, -0.1) is 11.3 Å². The molecule has 1 aromatic heterocycles. The molecule has 0 radical (unpaired) electrons. The van der Waals surface area contributed by atoms with Crippen molar-refractivity contribution in [1.82, 2.24) is 15.5 Å². The van der Waals surface area contributed by atoms with Crippen molar-refractivity contribution in [2.24, 2.45) is 4.99 Å². The van der Waals surface area contributed by atoms with Gasteiger partial charge in [0, 0.05) is 42.5 Å². The molecule has 1 fully saturated rings. The minimum Gasteiger partial charge on any atom is -0.383 e. The summed E-state index contributed by atoms with van der Waals surface area (Å²) in [6.45, 7) is 9.81. The van der Waals surface area contributed by atoms with Gasteiger partial charge in [0.1, 0.15) is 0 Å². The summed E-state index contributed by atoms with van der Waals surface area (Å²) < 4.78 is 5.21. The maximum Gasteiger partial charge on any atom is 0.191 e. The number of hydrogen-bond donors (Lipinski definition) is 2. The van der Waals surface area contributed by atoms with Gasteiger partial charge in [0.05, 0.1) is 13.2 Å². The highest BCUT2D eigenvalue weighted by molar-refractivity contribution is 7.11. The normalized spacial score (nSPS) is 19.3. The zero-order valence-corrected chi connectivity index (χ0v) is 15.4. The van der Waals surface area contributed by atoms with Crippen molar-refractivity contribution in [3.05, 3.63) is 21.9 Å². The highest BCUT2D eigenvalue weighted by Gasteiger charge is 2.23. The van der Waals surface area contributed by atoms with Crippen LogP contribution in [0.2, 0.25) is 0 Å². The lowest BCUT2D eigenvalue weighted by atomic mass is 10.2. The van der Waals surface area contributed by atoms with Gasteiger partial charge in [-0.05, 0) is 45.4 Å². The number of nitrogens with zero attached hydrogens (tertiary/aromatic N) is 2. The lowest BCUT2D eigenvalue weighted by Gasteiger charge is -2.25. The first-order valence-corrected chi connectivity index (χ1v) is 9.35. The molecule has 0 aromatic carbocycles. The molecule has 1 atom stereocenters. The number of ether oxygens (including phenoxy) is 1. The average molecular weight is 339 g/mol. The van der Waals surface area contributed by atoms with Crippen LogP contribution in [-0.2, 0) is 11.3 Å². The summed E-state index contributed by atoms with van der Waals surface area (Å²) in [6, 6.07) is 4.90. The zero-order chi connectivity index (χ0) is 16.5. The van der Waals surface area contributed by atoms with Crippen LogP contribution in [0.3, 0.4) is 0 Å². The van der Waals surface area contributed by atoms with E-state index in [1.54, 1.807) is 7.11 Å². The first-order chi connectivity index (χ1) is 11.2. The second-order valence-electron chi connectivity index (χ2n) is 5.91. The number of nitrogens with one attached hydrogen (secondary N) is 2. The lowest BCUT2D eigenvalue weighted by molar-refractivity contribution is 0.141. The Labute approximate surface area is 144 Å². The van der Waals surface area contributed by atoms with Crippen LogP contribution >= 0.6 is 11.3 Å². The van der Waals surface area contributed by atoms with E-state index in [0.717, 1.165) is 38.7 Å². The number of likely N-dealkylation sites (tertiary alicyclic amines) is 1. The van der Waals surface area contributed by atoms with E-state index in [1.807, 2.05) is 11.3 Å². The predicted molar refractivity (Wildman–Crippen MR) is 98.3 cm³/mol. The van der Waals surface area contributed by atoms with E-state index in [2.05, 4.69) is 41.5 Å². The van der Waals surface area contributed by atoms with Gasteiger partial charge in [-0.1, -0.05) is 0 Å². The van der Waals surface area contributed by atoms with Gasteiger partial charge in [0.25, 0.3) is 0 Å². The second-order valence-corrected chi connectivity index (χ2v) is 7.29. The molecule has 2 heterocycles. The Morgan fingerprint density at radius 3 is 3.00 bits per heavy atom. The highest BCUT2D eigenvalue weighted by atomic mass is 32.1. The van der Waals surface area contributed by atoms with E-state index < -0.39 is 0 Å². The first-order valence-electron chi connectivity index (χ1n) is 8.53. The minimum absolute atomic E-state index is 0.581. The van der Waals surface area contributed by atoms with Crippen molar-refractivity contribution < 1.29 is 4.74 Å². The van der Waals surface area contributed by atoms with Crippen LogP contribution in [0.5, 0.6) is 0 Å². The van der Waals surface area contributed by atoms with Crippen molar-refractivity contribution in [3.63, 3.8) is 0 Å². The molecular weight excluding hydrogens is 308 g/mol. The molecule has 2 rings (SSSR count). The number of guanidine groups is 1. The van der Waals surface area contributed by atoms with Gasteiger partial charge in [-0.25, -0.2) is 4.99 Å². The number of aliphatic imine (C=N–C) groups is 1. The molecule has 130 valence electrons. The largest absolute Gasteiger partial charge is 0.383 e. The summed E-state index contributed by atoms with van der Waals surface area (Å²) in [5, 5.41) is 6.85. The monoisotopic (exact) mass is 338 g/mol. The first kappa shape index (κ1) is 18.2. The molecule has 1 aliphatic heterocycles. The molecule has 1 saturated heterocycles. The van der Waals surface area contributed by atoms with E-state index >= 15 is 0 Å².